The smallest absolute Gasteiger partial charge is 0.185 e. The van der Waals surface area contributed by atoms with Crippen molar-refractivity contribution >= 4 is 16.5 Å². The van der Waals surface area contributed by atoms with E-state index in [2.05, 4.69) is 15.6 Å². The van der Waals surface area contributed by atoms with Crippen LogP contribution in [0.15, 0.2) is 5.38 Å². The predicted molar refractivity (Wildman–Crippen MR) is 84.3 cm³/mol. The van der Waals surface area contributed by atoms with Crippen LogP contribution in [0.2, 0.25) is 0 Å². The van der Waals surface area contributed by atoms with Crippen molar-refractivity contribution in [1.29, 1.82) is 0 Å². The molecule has 0 spiro atoms. The third-order valence-corrected chi connectivity index (χ3v) is 6.20. The van der Waals surface area contributed by atoms with E-state index in [1.54, 1.807) is 0 Å². The molecule has 3 fully saturated rings. The van der Waals surface area contributed by atoms with E-state index in [1.807, 2.05) is 11.3 Å². The first kappa shape index (κ1) is 13.1. The molecule has 1 N–H and O–H groups in total. The van der Waals surface area contributed by atoms with Gasteiger partial charge in [0.15, 0.2) is 5.13 Å². The molecule has 2 unspecified atom stereocenters. The number of rotatable bonds is 4. The maximum Gasteiger partial charge on any atom is 0.185 e. The molecule has 0 aromatic carbocycles. The van der Waals surface area contributed by atoms with E-state index < -0.39 is 0 Å². The molecule has 2 aliphatic carbocycles. The van der Waals surface area contributed by atoms with E-state index in [0.717, 1.165) is 24.4 Å². The molecule has 3 aliphatic rings. The van der Waals surface area contributed by atoms with Gasteiger partial charge in [0.25, 0.3) is 0 Å². The SMILES string of the molecule is c1sc(N2CCC3CCCCC3C2)nc1CNC1CC1. The van der Waals surface area contributed by atoms with E-state index in [4.69, 9.17) is 4.98 Å². The summed E-state index contributed by atoms with van der Waals surface area (Å²) in [7, 11) is 0. The van der Waals surface area contributed by atoms with Gasteiger partial charge in [0, 0.05) is 31.1 Å². The van der Waals surface area contributed by atoms with Crippen LogP contribution in [-0.4, -0.2) is 24.1 Å². The van der Waals surface area contributed by atoms with Gasteiger partial charge in [-0.2, -0.15) is 0 Å². The number of thiazole rings is 1. The summed E-state index contributed by atoms with van der Waals surface area (Å²) in [5, 5.41) is 7.07. The van der Waals surface area contributed by atoms with Crippen LogP contribution in [0.25, 0.3) is 0 Å². The topological polar surface area (TPSA) is 28.2 Å². The van der Waals surface area contributed by atoms with Crippen LogP contribution in [0.5, 0.6) is 0 Å². The summed E-state index contributed by atoms with van der Waals surface area (Å²) in [4.78, 5) is 7.41. The fourth-order valence-electron chi connectivity index (χ4n) is 3.83. The monoisotopic (exact) mass is 291 g/mol. The fraction of sp³-hybridized carbons (Fsp3) is 0.812. The Kier molecular flexibility index (Phi) is 3.69. The third-order valence-electron chi connectivity index (χ3n) is 5.25. The minimum absolute atomic E-state index is 0.776. The maximum atomic E-state index is 4.85. The van der Waals surface area contributed by atoms with Gasteiger partial charge in [-0.25, -0.2) is 4.98 Å². The lowest BCUT2D eigenvalue weighted by molar-refractivity contribution is 0.202. The lowest BCUT2D eigenvalue weighted by Crippen LogP contribution is -2.41. The van der Waals surface area contributed by atoms with Gasteiger partial charge >= 0.3 is 0 Å². The highest BCUT2D eigenvalue weighted by atomic mass is 32.1. The van der Waals surface area contributed by atoms with Gasteiger partial charge in [-0.1, -0.05) is 19.3 Å². The molecule has 2 heterocycles. The van der Waals surface area contributed by atoms with Gasteiger partial charge in [-0.05, 0) is 37.5 Å². The minimum Gasteiger partial charge on any atom is -0.348 e. The minimum atomic E-state index is 0.776. The summed E-state index contributed by atoms with van der Waals surface area (Å²) < 4.78 is 0. The van der Waals surface area contributed by atoms with Crippen LogP contribution in [0.4, 0.5) is 5.13 Å². The van der Waals surface area contributed by atoms with Crippen LogP contribution in [0, 0.1) is 11.8 Å². The maximum absolute atomic E-state index is 4.85. The molecule has 1 saturated heterocycles. The van der Waals surface area contributed by atoms with Crippen molar-refractivity contribution in [2.45, 2.75) is 57.5 Å². The van der Waals surface area contributed by atoms with Crippen molar-refractivity contribution in [1.82, 2.24) is 10.3 Å². The van der Waals surface area contributed by atoms with Crippen LogP contribution in [-0.2, 0) is 6.54 Å². The van der Waals surface area contributed by atoms with Gasteiger partial charge in [0.1, 0.15) is 0 Å². The molecule has 110 valence electrons. The number of hydrogen-bond donors (Lipinski definition) is 1. The second-order valence-corrected chi connectivity index (χ2v) is 7.65. The van der Waals surface area contributed by atoms with Gasteiger partial charge in [-0.3, -0.25) is 0 Å². The Bertz CT molecular complexity index is 454. The Morgan fingerprint density at radius 1 is 1.15 bits per heavy atom. The zero-order valence-electron chi connectivity index (χ0n) is 12.2. The summed E-state index contributed by atoms with van der Waals surface area (Å²) in [5.41, 5.74) is 1.24. The molecule has 20 heavy (non-hydrogen) atoms. The molecule has 1 aliphatic heterocycles. The quantitative estimate of drug-likeness (QED) is 0.921. The molecule has 4 rings (SSSR count). The molecule has 0 radical (unpaired) electrons. The second kappa shape index (κ2) is 5.64. The number of nitrogens with zero attached hydrogens (tertiary/aromatic N) is 2. The predicted octanol–water partition coefficient (Wildman–Crippen LogP) is 3.41. The van der Waals surface area contributed by atoms with Crippen molar-refractivity contribution in [2.75, 3.05) is 18.0 Å². The second-order valence-electron chi connectivity index (χ2n) is 6.82. The molecular formula is C16H25N3S. The number of aromatic nitrogens is 1. The van der Waals surface area contributed by atoms with Gasteiger partial charge < -0.3 is 10.2 Å². The Morgan fingerprint density at radius 2 is 2.00 bits per heavy atom. The van der Waals surface area contributed by atoms with Crippen molar-refractivity contribution in [3.05, 3.63) is 11.1 Å². The largest absolute Gasteiger partial charge is 0.348 e. The molecule has 0 amide bonds. The summed E-state index contributed by atoms with van der Waals surface area (Å²) in [6.45, 7) is 3.44. The summed E-state index contributed by atoms with van der Waals surface area (Å²) in [6.07, 6.45) is 9.94. The highest BCUT2D eigenvalue weighted by Gasteiger charge is 2.32. The number of fused-ring (bicyclic) bond motifs is 1. The third kappa shape index (κ3) is 2.86. The molecule has 4 heteroatoms. The Morgan fingerprint density at radius 3 is 2.85 bits per heavy atom. The number of anilines is 1. The summed E-state index contributed by atoms with van der Waals surface area (Å²) in [5.74, 6) is 1.95. The normalized spacial score (nSPS) is 30.3. The van der Waals surface area contributed by atoms with Gasteiger partial charge in [-0.15, -0.1) is 11.3 Å². The number of hydrogen-bond acceptors (Lipinski definition) is 4. The number of nitrogens with one attached hydrogen (secondary N) is 1. The lowest BCUT2D eigenvalue weighted by atomic mass is 9.75. The van der Waals surface area contributed by atoms with E-state index in [0.29, 0.717) is 0 Å². The first-order valence-corrected chi connectivity index (χ1v) is 9.19. The summed E-state index contributed by atoms with van der Waals surface area (Å²) in [6, 6.07) is 0.776. The fourth-order valence-corrected chi connectivity index (χ4v) is 4.70. The Balaban J connectivity index is 1.37. The lowest BCUT2D eigenvalue weighted by Gasteiger charge is -2.41. The molecule has 1 aromatic heterocycles. The highest BCUT2D eigenvalue weighted by Crippen LogP contribution is 2.38. The van der Waals surface area contributed by atoms with Crippen LogP contribution >= 0.6 is 11.3 Å². The average Bonchev–Trinajstić information content (AvgIpc) is 3.21. The Hall–Kier alpha value is -0.610. The van der Waals surface area contributed by atoms with Crippen molar-refractivity contribution in [3.8, 4) is 0 Å². The van der Waals surface area contributed by atoms with Crippen LogP contribution in [0.3, 0.4) is 0 Å². The molecule has 2 saturated carbocycles. The van der Waals surface area contributed by atoms with Crippen LogP contribution in [0.1, 0.15) is 50.6 Å². The Labute approximate surface area is 125 Å². The first-order chi connectivity index (χ1) is 9.88. The van der Waals surface area contributed by atoms with E-state index in [1.165, 1.54) is 68.9 Å². The molecule has 0 bridgehead atoms. The zero-order valence-corrected chi connectivity index (χ0v) is 13.0. The standard InChI is InChI=1S/C16H25N3S/c1-2-4-13-10-19(8-7-12(13)3-1)16-18-15(11-20-16)9-17-14-5-6-14/h11-14,17H,1-10H2. The van der Waals surface area contributed by atoms with Crippen LogP contribution < -0.4 is 10.2 Å². The van der Waals surface area contributed by atoms with Crippen molar-refractivity contribution in [3.63, 3.8) is 0 Å². The van der Waals surface area contributed by atoms with E-state index in [9.17, 15) is 0 Å². The van der Waals surface area contributed by atoms with E-state index in [-0.39, 0.29) is 0 Å². The molecule has 3 nitrogen and oxygen atoms in total. The zero-order chi connectivity index (χ0) is 13.4. The average molecular weight is 291 g/mol. The van der Waals surface area contributed by atoms with Crippen molar-refractivity contribution < 1.29 is 0 Å². The van der Waals surface area contributed by atoms with Gasteiger partial charge in [0.2, 0.25) is 0 Å². The highest BCUT2D eigenvalue weighted by molar-refractivity contribution is 7.13. The van der Waals surface area contributed by atoms with Crippen molar-refractivity contribution in [2.24, 2.45) is 11.8 Å². The first-order valence-electron chi connectivity index (χ1n) is 8.31. The molecule has 1 aromatic rings. The molecule has 2 atom stereocenters. The van der Waals surface area contributed by atoms with E-state index >= 15 is 0 Å². The molecular weight excluding hydrogens is 266 g/mol. The van der Waals surface area contributed by atoms with Gasteiger partial charge in [0.05, 0.1) is 5.69 Å². The number of piperidine rings is 1. The summed E-state index contributed by atoms with van der Waals surface area (Å²) >= 11 is 1.84.